The summed E-state index contributed by atoms with van der Waals surface area (Å²) in [6.07, 6.45) is 2.86. The van der Waals surface area contributed by atoms with Crippen LogP contribution < -0.4 is 0 Å². The van der Waals surface area contributed by atoms with Gasteiger partial charge in [-0.15, -0.1) is 0 Å². The summed E-state index contributed by atoms with van der Waals surface area (Å²) in [5, 5.41) is 0. The molecular formula is C17H33N3. The maximum atomic E-state index is 2.76. The van der Waals surface area contributed by atoms with E-state index in [4.69, 9.17) is 0 Å². The fraction of sp³-hybridized carbons (Fsp3) is 1.00. The van der Waals surface area contributed by atoms with Crippen molar-refractivity contribution in [1.29, 1.82) is 0 Å². The molecule has 3 nitrogen and oxygen atoms in total. The standard InChI is InChI=1S/C17H33N3/c1-14(2)18-8-6-17(7-9-18)12-19(13-17)15-10-20(11-15)16(3,4)5/h14-15H,6-13H2,1-5H3. The average Bonchev–Trinajstić information content (AvgIpc) is 2.23. The van der Waals surface area contributed by atoms with Crippen molar-refractivity contribution in [2.45, 2.75) is 65.1 Å². The van der Waals surface area contributed by atoms with Gasteiger partial charge in [-0.25, -0.2) is 0 Å². The Balaban J connectivity index is 1.42. The highest BCUT2D eigenvalue weighted by molar-refractivity contribution is 5.05. The zero-order valence-electron chi connectivity index (χ0n) is 14.2. The maximum Gasteiger partial charge on any atom is 0.0351 e. The predicted molar refractivity (Wildman–Crippen MR) is 85.1 cm³/mol. The van der Waals surface area contributed by atoms with Crippen molar-refractivity contribution >= 4 is 0 Å². The van der Waals surface area contributed by atoms with Gasteiger partial charge in [-0.3, -0.25) is 9.80 Å². The van der Waals surface area contributed by atoms with Crippen LogP contribution in [0.25, 0.3) is 0 Å². The molecule has 0 aromatic rings. The first-order valence-corrected chi connectivity index (χ1v) is 8.52. The van der Waals surface area contributed by atoms with Crippen LogP contribution in [0.5, 0.6) is 0 Å². The van der Waals surface area contributed by atoms with Crippen LogP contribution in [0.15, 0.2) is 0 Å². The summed E-state index contributed by atoms with van der Waals surface area (Å²) >= 11 is 0. The fourth-order valence-electron chi connectivity index (χ4n) is 4.14. The molecule has 0 N–H and O–H groups in total. The first-order valence-electron chi connectivity index (χ1n) is 8.52. The second-order valence-electron chi connectivity index (χ2n) is 8.76. The van der Waals surface area contributed by atoms with Crippen LogP contribution in [-0.4, -0.2) is 71.6 Å². The van der Waals surface area contributed by atoms with E-state index < -0.39 is 0 Å². The topological polar surface area (TPSA) is 9.72 Å². The van der Waals surface area contributed by atoms with Gasteiger partial charge in [0.05, 0.1) is 0 Å². The Morgan fingerprint density at radius 1 is 1.00 bits per heavy atom. The molecule has 0 radical (unpaired) electrons. The van der Waals surface area contributed by atoms with Crippen molar-refractivity contribution in [2.24, 2.45) is 5.41 Å². The molecule has 3 heteroatoms. The summed E-state index contributed by atoms with van der Waals surface area (Å²) < 4.78 is 0. The first-order chi connectivity index (χ1) is 9.29. The molecule has 3 rings (SSSR count). The molecule has 0 aliphatic carbocycles. The van der Waals surface area contributed by atoms with Gasteiger partial charge in [0.1, 0.15) is 0 Å². The van der Waals surface area contributed by atoms with Gasteiger partial charge in [0.2, 0.25) is 0 Å². The minimum atomic E-state index is 0.363. The SMILES string of the molecule is CC(C)N1CCC2(CC1)CN(C1CN(C(C)(C)C)C1)C2. The van der Waals surface area contributed by atoms with E-state index >= 15 is 0 Å². The van der Waals surface area contributed by atoms with Crippen LogP contribution in [0.4, 0.5) is 0 Å². The molecule has 0 bridgehead atoms. The lowest BCUT2D eigenvalue weighted by atomic mass is 9.70. The largest absolute Gasteiger partial charge is 0.301 e. The molecule has 0 atom stereocenters. The van der Waals surface area contributed by atoms with Gasteiger partial charge in [-0.1, -0.05) is 0 Å². The zero-order chi connectivity index (χ0) is 14.5. The molecule has 3 heterocycles. The van der Waals surface area contributed by atoms with Gasteiger partial charge >= 0.3 is 0 Å². The highest BCUT2D eigenvalue weighted by Gasteiger charge is 2.50. The van der Waals surface area contributed by atoms with E-state index in [9.17, 15) is 0 Å². The van der Waals surface area contributed by atoms with Crippen molar-refractivity contribution in [3.8, 4) is 0 Å². The van der Waals surface area contributed by atoms with Gasteiger partial charge in [0.15, 0.2) is 0 Å². The zero-order valence-corrected chi connectivity index (χ0v) is 14.2. The van der Waals surface area contributed by atoms with Crippen molar-refractivity contribution in [2.75, 3.05) is 39.3 Å². The second kappa shape index (κ2) is 4.96. The number of piperidine rings is 1. The number of hydrogen-bond donors (Lipinski definition) is 0. The van der Waals surface area contributed by atoms with E-state index in [2.05, 4.69) is 49.3 Å². The third kappa shape index (κ3) is 2.65. The van der Waals surface area contributed by atoms with E-state index in [1.165, 1.54) is 52.1 Å². The molecule has 3 saturated heterocycles. The molecule has 3 fully saturated rings. The Morgan fingerprint density at radius 3 is 2.00 bits per heavy atom. The van der Waals surface area contributed by atoms with Crippen LogP contribution in [0.2, 0.25) is 0 Å². The van der Waals surface area contributed by atoms with Crippen molar-refractivity contribution in [1.82, 2.24) is 14.7 Å². The quantitative estimate of drug-likeness (QED) is 0.768. The molecule has 3 aliphatic rings. The van der Waals surface area contributed by atoms with Crippen molar-refractivity contribution in [3.63, 3.8) is 0 Å². The minimum absolute atomic E-state index is 0.363. The summed E-state index contributed by atoms with van der Waals surface area (Å²) in [6.45, 7) is 19.7. The molecule has 1 spiro atoms. The summed E-state index contributed by atoms with van der Waals surface area (Å²) in [7, 11) is 0. The Morgan fingerprint density at radius 2 is 1.55 bits per heavy atom. The van der Waals surface area contributed by atoms with E-state index in [-0.39, 0.29) is 0 Å². The number of rotatable bonds is 2. The van der Waals surface area contributed by atoms with Crippen LogP contribution in [-0.2, 0) is 0 Å². The van der Waals surface area contributed by atoms with Crippen LogP contribution in [0.3, 0.4) is 0 Å². The molecule has 20 heavy (non-hydrogen) atoms. The van der Waals surface area contributed by atoms with Crippen molar-refractivity contribution in [3.05, 3.63) is 0 Å². The number of nitrogens with zero attached hydrogens (tertiary/aromatic N) is 3. The van der Waals surface area contributed by atoms with E-state index in [0.717, 1.165) is 12.1 Å². The second-order valence-corrected chi connectivity index (χ2v) is 8.76. The summed E-state index contributed by atoms with van der Waals surface area (Å²) in [4.78, 5) is 8.02. The van der Waals surface area contributed by atoms with E-state index in [1.807, 2.05) is 0 Å². The van der Waals surface area contributed by atoms with E-state index in [1.54, 1.807) is 0 Å². The first kappa shape index (κ1) is 14.8. The Labute approximate surface area is 125 Å². The third-order valence-electron chi connectivity index (χ3n) is 5.99. The normalized spacial score (nSPS) is 29.7. The third-order valence-corrected chi connectivity index (χ3v) is 5.99. The van der Waals surface area contributed by atoms with Gasteiger partial charge in [-0.05, 0) is 66.0 Å². The Hall–Kier alpha value is -0.120. The van der Waals surface area contributed by atoms with Crippen LogP contribution in [0.1, 0.15) is 47.5 Å². The highest BCUT2D eigenvalue weighted by Crippen LogP contribution is 2.43. The molecular weight excluding hydrogens is 246 g/mol. The van der Waals surface area contributed by atoms with E-state index in [0.29, 0.717) is 11.0 Å². The highest BCUT2D eigenvalue weighted by atomic mass is 15.4. The van der Waals surface area contributed by atoms with Gasteiger partial charge in [0.25, 0.3) is 0 Å². The number of hydrogen-bond acceptors (Lipinski definition) is 3. The summed E-state index contributed by atoms with van der Waals surface area (Å²) in [5.41, 5.74) is 1.05. The fourth-order valence-corrected chi connectivity index (χ4v) is 4.14. The minimum Gasteiger partial charge on any atom is -0.301 e. The molecule has 0 saturated carbocycles. The summed E-state index contributed by atoms with van der Waals surface area (Å²) in [5.74, 6) is 0. The Bertz CT molecular complexity index is 336. The molecule has 0 aromatic carbocycles. The molecule has 0 aromatic heterocycles. The monoisotopic (exact) mass is 279 g/mol. The molecule has 116 valence electrons. The predicted octanol–water partition coefficient (Wildman–Crippen LogP) is 2.28. The lowest BCUT2D eigenvalue weighted by molar-refractivity contribution is -0.120. The smallest absolute Gasteiger partial charge is 0.0351 e. The van der Waals surface area contributed by atoms with Crippen molar-refractivity contribution < 1.29 is 0 Å². The van der Waals surface area contributed by atoms with Gasteiger partial charge in [-0.2, -0.15) is 0 Å². The Kier molecular flexibility index (Phi) is 3.67. The molecule has 0 amide bonds. The lowest BCUT2D eigenvalue weighted by Gasteiger charge is -2.61. The van der Waals surface area contributed by atoms with Gasteiger partial charge < -0.3 is 4.90 Å². The maximum absolute atomic E-state index is 2.76. The average molecular weight is 279 g/mol. The molecule has 3 aliphatic heterocycles. The number of likely N-dealkylation sites (tertiary alicyclic amines) is 3. The van der Waals surface area contributed by atoms with Gasteiger partial charge in [0, 0.05) is 43.8 Å². The van der Waals surface area contributed by atoms with Crippen LogP contribution >= 0.6 is 0 Å². The molecule has 0 unspecified atom stereocenters. The van der Waals surface area contributed by atoms with Crippen LogP contribution in [0, 0.1) is 5.41 Å². The lowest BCUT2D eigenvalue weighted by Crippen LogP contribution is -2.72. The summed E-state index contributed by atoms with van der Waals surface area (Å²) in [6, 6.07) is 1.58.